The molecule has 0 radical (unpaired) electrons. The van der Waals surface area contributed by atoms with E-state index in [4.69, 9.17) is 4.74 Å². The van der Waals surface area contributed by atoms with Crippen LogP contribution in [0.5, 0.6) is 0 Å². The molecule has 2 N–H and O–H groups in total. The molecule has 0 saturated carbocycles. The summed E-state index contributed by atoms with van der Waals surface area (Å²) in [6.07, 6.45) is -0.602. The fourth-order valence-corrected chi connectivity index (χ4v) is 1.27. The van der Waals surface area contributed by atoms with E-state index in [9.17, 15) is 9.59 Å². The van der Waals surface area contributed by atoms with E-state index >= 15 is 0 Å². The zero-order chi connectivity index (χ0) is 13.4. The van der Waals surface area contributed by atoms with E-state index in [1.807, 2.05) is 13.0 Å². The highest BCUT2D eigenvalue weighted by molar-refractivity contribution is 5.88. The predicted molar refractivity (Wildman–Crippen MR) is 69.3 cm³/mol. The Balaban J connectivity index is 2.38. The third kappa shape index (κ3) is 4.86. The van der Waals surface area contributed by atoms with Crippen LogP contribution in [0, 0.1) is 0 Å². The van der Waals surface area contributed by atoms with Crippen molar-refractivity contribution in [3.63, 3.8) is 0 Å². The Morgan fingerprint density at radius 2 is 1.94 bits per heavy atom. The lowest BCUT2D eigenvalue weighted by Crippen LogP contribution is -2.37. The molecule has 0 fully saturated rings. The summed E-state index contributed by atoms with van der Waals surface area (Å²) in [5.74, 6) is -0.292. The molecular weight excluding hydrogens is 232 g/mol. The Morgan fingerprint density at radius 3 is 2.56 bits per heavy atom. The van der Waals surface area contributed by atoms with Gasteiger partial charge in [0.2, 0.25) is 0 Å². The number of rotatable bonds is 5. The molecular formula is C13H18N2O3. The van der Waals surface area contributed by atoms with Crippen molar-refractivity contribution >= 4 is 17.7 Å². The van der Waals surface area contributed by atoms with E-state index in [2.05, 4.69) is 10.6 Å². The number of hydrogen-bond donors (Lipinski definition) is 2. The standard InChI is InChI=1S/C13H18N2O3/c1-3-9-14-12(16)10(2)18-13(17)15-11-7-5-4-6-8-11/h4-8,10H,3,9H2,1-2H3,(H,14,16)(H,15,17). The number of ether oxygens (including phenoxy) is 1. The van der Waals surface area contributed by atoms with E-state index in [1.165, 1.54) is 6.92 Å². The largest absolute Gasteiger partial charge is 0.436 e. The quantitative estimate of drug-likeness (QED) is 0.841. The van der Waals surface area contributed by atoms with Crippen LogP contribution in [0.2, 0.25) is 0 Å². The van der Waals surface area contributed by atoms with Gasteiger partial charge >= 0.3 is 6.09 Å². The molecule has 1 rings (SSSR count). The summed E-state index contributed by atoms with van der Waals surface area (Å²) < 4.78 is 4.95. The molecule has 1 unspecified atom stereocenters. The second-order valence-corrected chi connectivity index (χ2v) is 3.83. The number of para-hydroxylation sites is 1. The highest BCUT2D eigenvalue weighted by atomic mass is 16.6. The van der Waals surface area contributed by atoms with Crippen LogP contribution in [0.3, 0.4) is 0 Å². The van der Waals surface area contributed by atoms with Crippen LogP contribution in [-0.4, -0.2) is 24.6 Å². The van der Waals surface area contributed by atoms with E-state index < -0.39 is 12.2 Å². The van der Waals surface area contributed by atoms with Crippen molar-refractivity contribution in [2.45, 2.75) is 26.4 Å². The number of amides is 2. The third-order valence-corrected chi connectivity index (χ3v) is 2.22. The molecule has 0 saturated heterocycles. The molecule has 98 valence electrons. The molecule has 1 atom stereocenters. The predicted octanol–water partition coefficient (Wildman–Crippen LogP) is 2.15. The van der Waals surface area contributed by atoms with E-state index in [0.29, 0.717) is 12.2 Å². The minimum absolute atomic E-state index is 0.292. The summed E-state index contributed by atoms with van der Waals surface area (Å²) in [4.78, 5) is 23.0. The molecule has 18 heavy (non-hydrogen) atoms. The third-order valence-electron chi connectivity index (χ3n) is 2.22. The van der Waals surface area contributed by atoms with Gasteiger partial charge in [0.1, 0.15) is 0 Å². The Kier molecular flexibility index (Phi) is 5.70. The van der Waals surface area contributed by atoms with Gasteiger partial charge in [0.15, 0.2) is 6.10 Å². The molecule has 2 amide bonds. The lowest BCUT2D eigenvalue weighted by molar-refractivity contribution is -0.128. The lowest BCUT2D eigenvalue weighted by atomic mass is 10.3. The number of nitrogens with one attached hydrogen (secondary N) is 2. The topological polar surface area (TPSA) is 67.4 Å². The Labute approximate surface area is 107 Å². The first-order valence-electron chi connectivity index (χ1n) is 5.94. The summed E-state index contributed by atoms with van der Waals surface area (Å²) in [6, 6.07) is 8.92. The number of benzene rings is 1. The van der Waals surface area contributed by atoms with E-state index in [0.717, 1.165) is 6.42 Å². The fraction of sp³-hybridized carbons (Fsp3) is 0.385. The highest BCUT2D eigenvalue weighted by Gasteiger charge is 2.16. The van der Waals surface area contributed by atoms with Crippen molar-refractivity contribution in [3.05, 3.63) is 30.3 Å². The van der Waals surface area contributed by atoms with Crippen LogP contribution in [-0.2, 0) is 9.53 Å². The zero-order valence-electron chi connectivity index (χ0n) is 10.6. The first-order valence-corrected chi connectivity index (χ1v) is 5.94. The van der Waals surface area contributed by atoms with Crippen LogP contribution in [0.25, 0.3) is 0 Å². The molecule has 0 aliphatic rings. The van der Waals surface area contributed by atoms with Crippen LogP contribution in [0.1, 0.15) is 20.3 Å². The van der Waals surface area contributed by atoms with Gasteiger partial charge in [0, 0.05) is 12.2 Å². The first kappa shape index (κ1) is 14.0. The number of carbonyl (C=O) groups is 2. The van der Waals surface area contributed by atoms with Gasteiger partial charge < -0.3 is 10.1 Å². The Morgan fingerprint density at radius 1 is 1.28 bits per heavy atom. The molecule has 0 heterocycles. The van der Waals surface area contributed by atoms with Gasteiger partial charge in [-0.3, -0.25) is 10.1 Å². The van der Waals surface area contributed by atoms with Gasteiger partial charge in [-0.1, -0.05) is 25.1 Å². The smallest absolute Gasteiger partial charge is 0.412 e. The molecule has 0 aliphatic carbocycles. The monoisotopic (exact) mass is 250 g/mol. The van der Waals surface area contributed by atoms with Crippen molar-refractivity contribution in [2.24, 2.45) is 0 Å². The maximum atomic E-state index is 11.5. The number of anilines is 1. The van der Waals surface area contributed by atoms with Crippen LogP contribution in [0.4, 0.5) is 10.5 Å². The normalized spacial score (nSPS) is 11.4. The maximum Gasteiger partial charge on any atom is 0.412 e. The van der Waals surface area contributed by atoms with Crippen molar-refractivity contribution in [3.8, 4) is 0 Å². The first-order chi connectivity index (χ1) is 8.63. The highest BCUT2D eigenvalue weighted by Crippen LogP contribution is 2.06. The lowest BCUT2D eigenvalue weighted by Gasteiger charge is -2.13. The van der Waals surface area contributed by atoms with Crippen LogP contribution in [0.15, 0.2) is 30.3 Å². The summed E-state index contributed by atoms with van der Waals surface area (Å²) in [7, 11) is 0. The van der Waals surface area contributed by atoms with Crippen molar-refractivity contribution in [1.82, 2.24) is 5.32 Å². The van der Waals surface area contributed by atoms with Crippen molar-refractivity contribution in [2.75, 3.05) is 11.9 Å². The summed E-state index contributed by atoms with van der Waals surface area (Å²) in [6.45, 7) is 4.07. The number of hydrogen-bond acceptors (Lipinski definition) is 3. The molecule has 0 aliphatic heterocycles. The van der Waals surface area contributed by atoms with E-state index in [1.54, 1.807) is 24.3 Å². The van der Waals surface area contributed by atoms with Crippen LogP contribution < -0.4 is 10.6 Å². The summed E-state index contributed by atoms with van der Waals surface area (Å²) in [5.41, 5.74) is 0.628. The van der Waals surface area contributed by atoms with Crippen molar-refractivity contribution in [1.29, 1.82) is 0 Å². The molecule has 1 aromatic carbocycles. The molecule has 5 heteroatoms. The second kappa shape index (κ2) is 7.32. The average molecular weight is 250 g/mol. The van der Waals surface area contributed by atoms with Crippen molar-refractivity contribution < 1.29 is 14.3 Å². The van der Waals surface area contributed by atoms with Gasteiger partial charge in [-0.2, -0.15) is 0 Å². The summed E-state index contributed by atoms with van der Waals surface area (Å²) in [5, 5.41) is 5.20. The Bertz CT molecular complexity index is 392. The summed E-state index contributed by atoms with van der Waals surface area (Å²) >= 11 is 0. The van der Waals surface area contributed by atoms with Gasteiger partial charge in [-0.15, -0.1) is 0 Å². The van der Waals surface area contributed by atoms with Gasteiger partial charge in [-0.25, -0.2) is 4.79 Å². The van der Waals surface area contributed by atoms with Gasteiger partial charge in [-0.05, 0) is 25.5 Å². The molecule has 0 aromatic heterocycles. The molecule has 1 aromatic rings. The van der Waals surface area contributed by atoms with Gasteiger partial charge in [0.25, 0.3) is 5.91 Å². The Hall–Kier alpha value is -2.04. The van der Waals surface area contributed by atoms with E-state index in [-0.39, 0.29) is 5.91 Å². The second-order valence-electron chi connectivity index (χ2n) is 3.83. The minimum Gasteiger partial charge on any atom is -0.436 e. The van der Waals surface area contributed by atoms with Gasteiger partial charge in [0.05, 0.1) is 0 Å². The fourth-order valence-electron chi connectivity index (χ4n) is 1.27. The molecule has 5 nitrogen and oxygen atoms in total. The maximum absolute atomic E-state index is 11.5. The molecule has 0 bridgehead atoms. The molecule has 0 spiro atoms. The number of carbonyl (C=O) groups excluding carboxylic acids is 2. The SMILES string of the molecule is CCCNC(=O)C(C)OC(=O)Nc1ccccc1. The average Bonchev–Trinajstić information content (AvgIpc) is 2.36. The van der Waals surface area contributed by atoms with Crippen LogP contribution >= 0.6 is 0 Å². The zero-order valence-corrected chi connectivity index (χ0v) is 10.6. The minimum atomic E-state index is -0.805.